The van der Waals surface area contributed by atoms with E-state index in [0.29, 0.717) is 5.92 Å². The van der Waals surface area contributed by atoms with Gasteiger partial charge in [-0.2, -0.15) is 0 Å². The predicted molar refractivity (Wildman–Crippen MR) is 72.8 cm³/mol. The van der Waals surface area contributed by atoms with Crippen molar-refractivity contribution >= 4 is 0 Å². The second-order valence-corrected chi connectivity index (χ2v) is 5.19. The number of halogens is 1. The number of rotatable bonds is 4. The van der Waals surface area contributed by atoms with E-state index in [-0.39, 0.29) is 5.82 Å². The zero-order valence-corrected chi connectivity index (χ0v) is 11.2. The molecular weight excluding hydrogens is 227 g/mol. The maximum absolute atomic E-state index is 13.9. The lowest BCUT2D eigenvalue weighted by atomic mass is 9.96. The van der Waals surface area contributed by atoms with Crippen LogP contribution < -0.4 is 5.73 Å². The molecule has 1 aliphatic heterocycles. The smallest absolute Gasteiger partial charge is 0.127 e. The number of benzene rings is 1. The van der Waals surface area contributed by atoms with Gasteiger partial charge in [0.05, 0.1) is 0 Å². The molecule has 0 spiro atoms. The van der Waals surface area contributed by atoms with E-state index in [1.807, 2.05) is 6.07 Å². The van der Waals surface area contributed by atoms with Gasteiger partial charge in [-0.1, -0.05) is 19.1 Å². The molecule has 1 saturated heterocycles. The third kappa shape index (κ3) is 3.09. The van der Waals surface area contributed by atoms with Crippen LogP contribution >= 0.6 is 0 Å². The number of nitrogens with two attached hydrogens (primary N) is 1. The zero-order chi connectivity index (χ0) is 13.0. The van der Waals surface area contributed by atoms with E-state index in [2.05, 4.69) is 11.8 Å². The molecule has 18 heavy (non-hydrogen) atoms. The highest BCUT2D eigenvalue weighted by Gasteiger charge is 2.19. The van der Waals surface area contributed by atoms with Crippen LogP contribution in [-0.2, 0) is 13.0 Å². The van der Waals surface area contributed by atoms with Crippen molar-refractivity contribution in [2.75, 3.05) is 19.6 Å². The Bertz CT molecular complexity index is 384. The van der Waals surface area contributed by atoms with Crippen molar-refractivity contribution in [1.29, 1.82) is 0 Å². The Balaban J connectivity index is 2.02. The lowest BCUT2D eigenvalue weighted by Crippen LogP contribution is -2.36. The molecule has 0 unspecified atom stereocenters. The first-order valence-electron chi connectivity index (χ1n) is 6.93. The van der Waals surface area contributed by atoms with E-state index < -0.39 is 0 Å². The van der Waals surface area contributed by atoms with Gasteiger partial charge >= 0.3 is 0 Å². The predicted octanol–water partition coefficient (Wildman–Crippen LogP) is 2.56. The van der Waals surface area contributed by atoms with Crippen molar-refractivity contribution < 1.29 is 4.39 Å². The van der Waals surface area contributed by atoms with Gasteiger partial charge in [-0.25, -0.2) is 4.39 Å². The van der Waals surface area contributed by atoms with Gasteiger partial charge in [0.15, 0.2) is 0 Å². The molecule has 2 rings (SSSR count). The van der Waals surface area contributed by atoms with Gasteiger partial charge in [0.2, 0.25) is 0 Å². The van der Waals surface area contributed by atoms with Gasteiger partial charge in [-0.3, -0.25) is 4.90 Å². The molecule has 0 bridgehead atoms. The SMILES string of the molecule is CCc1cccc(F)c1CN1CCC(CN)CC1. The summed E-state index contributed by atoms with van der Waals surface area (Å²) in [6.07, 6.45) is 3.19. The fourth-order valence-corrected chi connectivity index (χ4v) is 2.72. The molecule has 1 heterocycles. The van der Waals surface area contributed by atoms with Gasteiger partial charge in [-0.05, 0) is 56.4 Å². The van der Waals surface area contributed by atoms with Crippen LogP contribution in [0.25, 0.3) is 0 Å². The van der Waals surface area contributed by atoms with E-state index in [0.717, 1.165) is 56.6 Å². The van der Waals surface area contributed by atoms with Crippen LogP contribution in [0.15, 0.2) is 18.2 Å². The lowest BCUT2D eigenvalue weighted by Gasteiger charge is -2.31. The number of nitrogens with zero attached hydrogens (tertiary/aromatic N) is 1. The Hall–Kier alpha value is -0.930. The first-order valence-corrected chi connectivity index (χ1v) is 6.93. The van der Waals surface area contributed by atoms with Crippen LogP contribution in [-0.4, -0.2) is 24.5 Å². The van der Waals surface area contributed by atoms with Crippen LogP contribution in [0, 0.1) is 11.7 Å². The molecule has 2 nitrogen and oxygen atoms in total. The van der Waals surface area contributed by atoms with E-state index in [1.165, 1.54) is 0 Å². The van der Waals surface area contributed by atoms with Crippen LogP contribution in [0.4, 0.5) is 4.39 Å². The largest absolute Gasteiger partial charge is 0.330 e. The molecule has 1 aromatic rings. The summed E-state index contributed by atoms with van der Waals surface area (Å²) in [4.78, 5) is 2.35. The number of aryl methyl sites for hydroxylation is 1. The van der Waals surface area contributed by atoms with Crippen LogP contribution in [0.1, 0.15) is 30.9 Å². The first kappa shape index (κ1) is 13.5. The molecule has 100 valence electrons. The normalized spacial score (nSPS) is 18.2. The number of hydrogen-bond donors (Lipinski definition) is 1. The van der Waals surface area contributed by atoms with Gasteiger partial charge in [-0.15, -0.1) is 0 Å². The van der Waals surface area contributed by atoms with Crippen LogP contribution in [0.5, 0.6) is 0 Å². The molecule has 1 fully saturated rings. The molecule has 0 radical (unpaired) electrons. The summed E-state index contributed by atoms with van der Waals surface area (Å²) in [5.41, 5.74) is 7.71. The average Bonchev–Trinajstić information content (AvgIpc) is 2.42. The van der Waals surface area contributed by atoms with Gasteiger partial charge in [0.25, 0.3) is 0 Å². The highest BCUT2D eigenvalue weighted by molar-refractivity contribution is 5.28. The summed E-state index contributed by atoms with van der Waals surface area (Å²) in [7, 11) is 0. The van der Waals surface area contributed by atoms with Crippen LogP contribution in [0.3, 0.4) is 0 Å². The molecule has 1 aliphatic rings. The lowest BCUT2D eigenvalue weighted by molar-refractivity contribution is 0.178. The molecule has 1 aromatic carbocycles. The Kier molecular flexibility index (Phi) is 4.72. The molecule has 0 aromatic heterocycles. The van der Waals surface area contributed by atoms with Gasteiger partial charge in [0.1, 0.15) is 5.82 Å². The Labute approximate surface area is 109 Å². The standard InChI is InChI=1S/C15H23FN2/c1-2-13-4-3-5-15(16)14(13)11-18-8-6-12(10-17)7-9-18/h3-5,12H,2,6-11,17H2,1H3. The summed E-state index contributed by atoms with van der Waals surface area (Å²) < 4.78 is 13.9. The quantitative estimate of drug-likeness (QED) is 0.890. The summed E-state index contributed by atoms with van der Waals surface area (Å²) in [6.45, 7) is 5.69. The van der Waals surface area contributed by atoms with Gasteiger partial charge < -0.3 is 5.73 Å². The fraction of sp³-hybridized carbons (Fsp3) is 0.600. The summed E-state index contributed by atoms with van der Waals surface area (Å²) in [5.74, 6) is 0.600. The second kappa shape index (κ2) is 6.30. The van der Waals surface area contributed by atoms with Crippen molar-refractivity contribution in [1.82, 2.24) is 4.90 Å². The van der Waals surface area contributed by atoms with E-state index >= 15 is 0 Å². The molecule has 0 saturated carbocycles. The average molecular weight is 250 g/mol. The molecule has 0 aliphatic carbocycles. The molecule has 3 heteroatoms. The number of likely N-dealkylation sites (tertiary alicyclic amines) is 1. The van der Waals surface area contributed by atoms with E-state index in [4.69, 9.17) is 5.73 Å². The summed E-state index contributed by atoms with van der Waals surface area (Å²) >= 11 is 0. The Morgan fingerprint density at radius 3 is 2.67 bits per heavy atom. The van der Waals surface area contributed by atoms with Crippen molar-refractivity contribution in [3.05, 3.63) is 35.1 Å². The summed E-state index contributed by atoms with van der Waals surface area (Å²) in [6, 6.07) is 5.41. The Morgan fingerprint density at radius 1 is 1.33 bits per heavy atom. The minimum atomic E-state index is -0.0599. The molecule has 2 N–H and O–H groups in total. The highest BCUT2D eigenvalue weighted by Crippen LogP contribution is 2.21. The maximum atomic E-state index is 13.9. The third-order valence-electron chi connectivity index (χ3n) is 4.02. The minimum Gasteiger partial charge on any atom is -0.330 e. The fourth-order valence-electron chi connectivity index (χ4n) is 2.72. The maximum Gasteiger partial charge on any atom is 0.127 e. The summed E-state index contributed by atoms with van der Waals surface area (Å²) in [5, 5.41) is 0. The second-order valence-electron chi connectivity index (χ2n) is 5.19. The van der Waals surface area contributed by atoms with Crippen LogP contribution in [0.2, 0.25) is 0 Å². The first-order chi connectivity index (χ1) is 8.74. The van der Waals surface area contributed by atoms with E-state index in [1.54, 1.807) is 12.1 Å². The van der Waals surface area contributed by atoms with Crippen molar-refractivity contribution in [2.24, 2.45) is 11.7 Å². The minimum absolute atomic E-state index is 0.0599. The monoisotopic (exact) mass is 250 g/mol. The topological polar surface area (TPSA) is 29.3 Å². The zero-order valence-electron chi connectivity index (χ0n) is 11.2. The van der Waals surface area contributed by atoms with Crippen molar-refractivity contribution in [3.63, 3.8) is 0 Å². The number of piperidine rings is 1. The van der Waals surface area contributed by atoms with E-state index in [9.17, 15) is 4.39 Å². The van der Waals surface area contributed by atoms with Gasteiger partial charge in [0, 0.05) is 12.1 Å². The van der Waals surface area contributed by atoms with Crippen molar-refractivity contribution in [3.8, 4) is 0 Å². The highest BCUT2D eigenvalue weighted by atomic mass is 19.1. The third-order valence-corrected chi connectivity index (χ3v) is 4.02. The molecule has 0 atom stereocenters. The molecule has 0 amide bonds. The molecular formula is C15H23FN2. The number of hydrogen-bond acceptors (Lipinski definition) is 2. The Morgan fingerprint density at radius 2 is 2.06 bits per heavy atom. The van der Waals surface area contributed by atoms with Crippen molar-refractivity contribution in [2.45, 2.75) is 32.7 Å².